The number of methoxy groups -OCH3 is 1. The molecule has 0 radical (unpaired) electrons. The molecule has 0 saturated carbocycles. The largest absolute Gasteiger partial charge is 0.382 e. The predicted molar refractivity (Wildman–Crippen MR) is 82.0 cm³/mol. The highest BCUT2D eigenvalue weighted by molar-refractivity contribution is 7.99. The monoisotopic (exact) mass is 294 g/mol. The molecule has 0 aromatic rings. The second-order valence-corrected chi connectivity index (χ2v) is 6.22. The van der Waals surface area contributed by atoms with E-state index in [9.17, 15) is 0 Å². The van der Waals surface area contributed by atoms with E-state index in [2.05, 4.69) is 5.32 Å². The molecule has 0 aliphatic heterocycles. The smallest absolute Gasteiger partial charge is 0.0701 e. The van der Waals surface area contributed by atoms with Crippen LogP contribution in [0.3, 0.4) is 0 Å². The zero-order valence-corrected chi connectivity index (χ0v) is 13.4. The maximum absolute atomic E-state index is 5.87. The van der Waals surface area contributed by atoms with Crippen molar-refractivity contribution in [3.63, 3.8) is 0 Å². The Bertz CT molecular complexity index is 189. The van der Waals surface area contributed by atoms with Gasteiger partial charge in [-0.3, -0.25) is 0 Å². The maximum Gasteiger partial charge on any atom is 0.0701 e. The first kappa shape index (κ1) is 19.1. The van der Waals surface area contributed by atoms with Gasteiger partial charge in [0.05, 0.1) is 33.0 Å². The third kappa shape index (κ3) is 18.1. The molecule has 0 fully saturated rings. The lowest BCUT2D eigenvalue weighted by Gasteiger charge is -2.18. The average molecular weight is 294 g/mol. The summed E-state index contributed by atoms with van der Waals surface area (Å²) >= 11 is 1.89. The molecule has 0 rings (SSSR count). The van der Waals surface area contributed by atoms with Gasteiger partial charge >= 0.3 is 0 Å². The van der Waals surface area contributed by atoms with Crippen LogP contribution in [-0.4, -0.2) is 70.3 Å². The zero-order chi connectivity index (χ0) is 14.4. The molecule has 5 nitrogen and oxygen atoms in total. The fourth-order valence-electron chi connectivity index (χ4n) is 1.24. The number of rotatable bonds is 14. The lowest BCUT2D eigenvalue weighted by molar-refractivity contribution is 0.0286. The normalized spacial score (nSPS) is 12.0. The first-order valence-electron chi connectivity index (χ1n) is 6.78. The van der Waals surface area contributed by atoms with Crippen LogP contribution in [0.4, 0.5) is 0 Å². The lowest BCUT2D eigenvalue weighted by atomic mass is 10.1. The molecule has 19 heavy (non-hydrogen) atoms. The molecule has 3 N–H and O–H groups in total. The van der Waals surface area contributed by atoms with Crippen LogP contribution >= 0.6 is 11.8 Å². The van der Waals surface area contributed by atoms with Crippen LogP contribution in [0.25, 0.3) is 0 Å². The van der Waals surface area contributed by atoms with Crippen molar-refractivity contribution >= 4 is 11.8 Å². The van der Waals surface area contributed by atoms with Crippen molar-refractivity contribution in [2.24, 2.45) is 5.73 Å². The van der Waals surface area contributed by atoms with Crippen molar-refractivity contribution in [1.82, 2.24) is 5.32 Å². The predicted octanol–water partition coefficient (Wildman–Crippen LogP) is 0.726. The summed E-state index contributed by atoms with van der Waals surface area (Å²) in [6.45, 7) is 9.24. The highest BCUT2D eigenvalue weighted by atomic mass is 32.2. The number of hydrogen-bond donors (Lipinski definition) is 2. The van der Waals surface area contributed by atoms with Gasteiger partial charge in [-0.2, -0.15) is 11.8 Å². The summed E-state index contributed by atoms with van der Waals surface area (Å²) < 4.78 is 15.6. The molecule has 0 atom stereocenters. The van der Waals surface area contributed by atoms with E-state index >= 15 is 0 Å². The van der Waals surface area contributed by atoms with Crippen LogP contribution in [-0.2, 0) is 14.2 Å². The third-order valence-corrected chi connectivity index (χ3v) is 3.13. The second-order valence-electron chi connectivity index (χ2n) is 5.00. The van der Waals surface area contributed by atoms with E-state index < -0.39 is 0 Å². The molecule has 6 heteroatoms. The fourth-order valence-corrected chi connectivity index (χ4v) is 1.97. The van der Waals surface area contributed by atoms with E-state index in [1.165, 1.54) is 0 Å². The van der Waals surface area contributed by atoms with Gasteiger partial charge in [-0.1, -0.05) is 0 Å². The van der Waals surface area contributed by atoms with Gasteiger partial charge in [0.2, 0.25) is 0 Å². The van der Waals surface area contributed by atoms with Gasteiger partial charge in [0.25, 0.3) is 0 Å². The average Bonchev–Trinajstić information content (AvgIpc) is 2.34. The molecule has 0 saturated heterocycles. The Hall–Kier alpha value is 0.150. The Morgan fingerprint density at radius 3 is 2.26 bits per heavy atom. The molecule has 0 heterocycles. The summed E-state index contributed by atoms with van der Waals surface area (Å²) in [4.78, 5) is 0. The molecule has 0 spiro atoms. The molecular formula is C13H30N2O3S. The summed E-state index contributed by atoms with van der Waals surface area (Å²) in [6.07, 6.45) is 0. The van der Waals surface area contributed by atoms with Crippen molar-refractivity contribution in [2.45, 2.75) is 19.4 Å². The summed E-state index contributed by atoms with van der Waals surface area (Å²) in [5.41, 5.74) is 5.74. The van der Waals surface area contributed by atoms with E-state index in [0.717, 1.165) is 31.2 Å². The van der Waals surface area contributed by atoms with Crippen LogP contribution in [0.5, 0.6) is 0 Å². The number of hydrogen-bond acceptors (Lipinski definition) is 6. The molecule has 0 aliphatic carbocycles. The van der Waals surface area contributed by atoms with Gasteiger partial charge in [-0.05, 0) is 13.8 Å². The third-order valence-electron chi connectivity index (χ3n) is 2.18. The number of ether oxygens (including phenoxy) is 3. The number of nitrogens with one attached hydrogen (secondary N) is 1. The second kappa shape index (κ2) is 13.1. The molecule has 0 amide bonds. The van der Waals surface area contributed by atoms with Crippen LogP contribution in [0, 0.1) is 0 Å². The van der Waals surface area contributed by atoms with E-state index in [0.29, 0.717) is 26.4 Å². The van der Waals surface area contributed by atoms with Crippen LogP contribution in [0.2, 0.25) is 0 Å². The molecular weight excluding hydrogens is 264 g/mol. The molecule has 0 bridgehead atoms. The van der Waals surface area contributed by atoms with Gasteiger partial charge in [0.15, 0.2) is 0 Å². The topological polar surface area (TPSA) is 65.7 Å². The number of thioether (sulfide) groups is 1. The summed E-state index contributed by atoms with van der Waals surface area (Å²) in [6, 6.07) is 0. The van der Waals surface area contributed by atoms with Gasteiger partial charge in [0.1, 0.15) is 0 Å². The standard InChI is InChI=1S/C13H30N2O3S/c1-13(2,14)12-15-4-10-19-11-9-18-8-7-17-6-5-16-3/h15H,4-12,14H2,1-3H3. The Morgan fingerprint density at radius 2 is 1.63 bits per heavy atom. The Labute approximate surface area is 121 Å². The van der Waals surface area contributed by atoms with E-state index in [1.54, 1.807) is 7.11 Å². The minimum atomic E-state index is -0.128. The highest BCUT2D eigenvalue weighted by Gasteiger charge is 2.08. The van der Waals surface area contributed by atoms with Gasteiger partial charge < -0.3 is 25.3 Å². The Balaban J connectivity index is 2.99. The number of nitrogens with two attached hydrogens (primary N) is 1. The van der Waals surface area contributed by atoms with E-state index in [-0.39, 0.29) is 5.54 Å². The van der Waals surface area contributed by atoms with Crippen molar-refractivity contribution in [3.8, 4) is 0 Å². The van der Waals surface area contributed by atoms with Crippen LogP contribution < -0.4 is 11.1 Å². The Morgan fingerprint density at radius 1 is 1.00 bits per heavy atom. The van der Waals surface area contributed by atoms with Gasteiger partial charge in [0, 0.05) is 37.2 Å². The van der Waals surface area contributed by atoms with E-state index in [4.69, 9.17) is 19.9 Å². The Kier molecular flexibility index (Phi) is 13.3. The molecule has 0 aliphatic rings. The van der Waals surface area contributed by atoms with Crippen LogP contribution in [0.1, 0.15) is 13.8 Å². The summed E-state index contributed by atoms with van der Waals surface area (Å²) in [7, 11) is 1.67. The zero-order valence-electron chi connectivity index (χ0n) is 12.6. The van der Waals surface area contributed by atoms with E-state index in [1.807, 2.05) is 25.6 Å². The quantitative estimate of drug-likeness (QED) is 0.460. The van der Waals surface area contributed by atoms with Crippen LogP contribution in [0.15, 0.2) is 0 Å². The van der Waals surface area contributed by atoms with Crippen molar-refractivity contribution in [3.05, 3.63) is 0 Å². The lowest BCUT2D eigenvalue weighted by Crippen LogP contribution is -2.43. The summed E-state index contributed by atoms with van der Waals surface area (Å²) in [5, 5.41) is 3.34. The first-order valence-corrected chi connectivity index (χ1v) is 7.93. The van der Waals surface area contributed by atoms with Gasteiger partial charge in [-0.15, -0.1) is 0 Å². The molecule has 0 aromatic carbocycles. The fraction of sp³-hybridized carbons (Fsp3) is 1.00. The molecule has 0 aromatic heterocycles. The first-order chi connectivity index (χ1) is 9.06. The molecule has 116 valence electrons. The van der Waals surface area contributed by atoms with Crippen molar-refractivity contribution < 1.29 is 14.2 Å². The molecule has 0 unspecified atom stereocenters. The highest BCUT2D eigenvalue weighted by Crippen LogP contribution is 1.98. The SMILES string of the molecule is COCCOCCOCCSCCNCC(C)(C)N. The van der Waals surface area contributed by atoms with Crippen molar-refractivity contribution in [2.75, 3.05) is 64.7 Å². The minimum Gasteiger partial charge on any atom is -0.382 e. The maximum atomic E-state index is 5.87. The van der Waals surface area contributed by atoms with Crippen molar-refractivity contribution in [1.29, 1.82) is 0 Å². The summed E-state index contributed by atoms with van der Waals surface area (Å²) in [5.74, 6) is 2.11. The van der Waals surface area contributed by atoms with Gasteiger partial charge in [-0.25, -0.2) is 0 Å². The minimum absolute atomic E-state index is 0.128.